The van der Waals surface area contributed by atoms with Crippen LogP contribution in [0.15, 0.2) is 54.6 Å². The number of benzene rings is 2. The topological polar surface area (TPSA) is 78.5 Å². The number of nitrogens with zero attached hydrogens (tertiary/aromatic N) is 1. The van der Waals surface area contributed by atoms with Crippen molar-refractivity contribution < 1.29 is 27.6 Å². The van der Waals surface area contributed by atoms with E-state index in [-0.39, 0.29) is 6.42 Å². The van der Waals surface area contributed by atoms with E-state index in [4.69, 9.17) is 0 Å². The third-order valence-electron chi connectivity index (χ3n) is 4.78. The summed E-state index contributed by atoms with van der Waals surface area (Å²) in [6, 6.07) is 12.3. The van der Waals surface area contributed by atoms with Gasteiger partial charge in [0, 0.05) is 0 Å². The molecule has 0 saturated carbocycles. The third kappa shape index (κ3) is 3.80. The summed E-state index contributed by atoms with van der Waals surface area (Å²) in [5, 5.41) is 4.75. The second-order valence-corrected chi connectivity index (χ2v) is 6.54. The fraction of sp³-hybridized carbons (Fsp3) is 0.250. The molecule has 1 aliphatic rings. The quantitative estimate of drug-likeness (QED) is 0.748. The summed E-state index contributed by atoms with van der Waals surface area (Å²) in [5.41, 5.74) is -2.21. The Balaban J connectivity index is 1.80. The van der Waals surface area contributed by atoms with E-state index in [1.54, 1.807) is 37.3 Å². The highest BCUT2D eigenvalue weighted by molar-refractivity contribution is 6.10. The Kier molecular flexibility index (Phi) is 5.32. The highest BCUT2D eigenvalue weighted by Crippen LogP contribution is 2.35. The van der Waals surface area contributed by atoms with E-state index in [2.05, 4.69) is 10.6 Å². The number of urea groups is 1. The van der Waals surface area contributed by atoms with Crippen molar-refractivity contribution in [2.45, 2.75) is 25.1 Å². The van der Waals surface area contributed by atoms with Gasteiger partial charge in [0.25, 0.3) is 5.91 Å². The minimum absolute atomic E-state index is 0.247. The zero-order valence-electron chi connectivity index (χ0n) is 15.4. The van der Waals surface area contributed by atoms with Gasteiger partial charge in [0.2, 0.25) is 5.91 Å². The zero-order valence-corrected chi connectivity index (χ0v) is 15.4. The van der Waals surface area contributed by atoms with Crippen molar-refractivity contribution >= 4 is 23.5 Å². The van der Waals surface area contributed by atoms with Gasteiger partial charge in [-0.3, -0.25) is 14.5 Å². The fourth-order valence-electron chi connectivity index (χ4n) is 3.30. The molecule has 0 aromatic heterocycles. The predicted molar refractivity (Wildman–Crippen MR) is 98.7 cm³/mol. The lowest BCUT2D eigenvalue weighted by molar-refractivity contribution is -0.137. The van der Waals surface area contributed by atoms with E-state index in [0.717, 1.165) is 12.1 Å². The summed E-state index contributed by atoms with van der Waals surface area (Å²) in [5.74, 6) is -1.54. The second kappa shape index (κ2) is 7.57. The maximum Gasteiger partial charge on any atom is 0.418 e. The number of halogens is 3. The van der Waals surface area contributed by atoms with Crippen LogP contribution < -0.4 is 10.6 Å². The Morgan fingerprint density at radius 1 is 1.07 bits per heavy atom. The lowest BCUT2D eigenvalue weighted by Crippen LogP contribution is -2.44. The maximum absolute atomic E-state index is 13.1. The predicted octanol–water partition coefficient (Wildman–Crippen LogP) is 3.50. The molecule has 1 atom stereocenters. The van der Waals surface area contributed by atoms with Crippen molar-refractivity contribution in [2.24, 2.45) is 0 Å². The molecule has 0 radical (unpaired) electrons. The highest BCUT2D eigenvalue weighted by Gasteiger charge is 2.51. The summed E-state index contributed by atoms with van der Waals surface area (Å²) in [4.78, 5) is 38.4. The molecule has 0 aliphatic carbocycles. The summed E-state index contributed by atoms with van der Waals surface area (Å²) >= 11 is 0. The molecule has 2 aromatic rings. The first-order chi connectivity index (χ1) is 13.7. The van der Waals surface area contributed by atoms with Crippen molar-refractivity contribution in [3.8, 4) is 0 Å². The number of rotatable bonds is 5. The molecule has 1 aliphatic heterocycles. The van der Waals surface area contributed by atoms with Crippen molar-refractivity contribution in [3.05, 3.63) is 65.7 Å². The number of alkyl halides is 3. The Morgan fingerprint density at radius 3 is 2.31 bits per heavy atom. The van der Waals surface area contributed by atoms with Gasteiger partial charge in [-0.2, -0.15) is 13.2 Å². The molecule has 1 fully saturated rings. The molecule has 0 unspecified atom stereocenters. The second-order valence-electron chi connectivity index (χ2n) is 6.54. The monoisotopic (exact) mass is 405 g/mol. The van der Waals surface area contributed by atoms with Gasteiger partial charge in [-0.15, -0.1) is 0 Å². The highest BCUT2D eigenvalue weighted by atomic mass is 19.4. The Labute approximate surface area is 164 Å². The molecule has 29 heavy (non-hydrogen) atoms. The van der Waals surface area contributed by atoms with Crippen LogP contribution in [-0.2, 0) is 21.3 Å². The zero-order chi connectivity index (χ0) is 21.2. The van der Waals surface area contributed by atoms with Crippen LogP contribution in [0.1, 0.15) is 24.5 Å². The van der Waals surface area contributed by atoms with E-state index in [0.29, 0.717) is 10.5 Å². The van der Waals surface area contributed by atoms with Crippen molar-refractivity contribution in [3.63, 3.8) is 0 Å². The van der Waals surface area contributed by atoms with Crippen molar-refractivity contribution in [2.75, 3.05) is 11.9 Å². The Morgan fingerprint density at radius 2 is 1.69 bits per heavy atom. The average Bonchev–Trinajstić information content (AvgIpc) is 2.93. The molecule has 3 rings (SSSR count). The molecule has 6 nitrogen and oxygen atoms in total. The van der Waals surface area contributed by atoms with Crippen LogP contribution in [0.3, 0.4) is 0 Å². The lowest BCUT2D eigenvalue weighted by atomic mass is 9.87. The number of anilines is 1. The van der Waals surface area contributed by atoms with Crippen LogP contribution in [-0.4, -0.2) is 29.3 Å². The van der Waals surface area contributed by atoms with Crippen LogP contribution in [0.4, 0.5) is 23.7 Å². The number of hydrogen-bond donors (Lipinski definition) is 2. The number of carbonyl (C=O) groups is 3. The van der Waals surface area contributed by atoms with E-state index in [1.807, 2.05) is 0 Å². The standard InChI is InChI=1S/C20H18F3N3O3/c1-2-19(13-8-4-3-5-9-13)17(28)26(18(29)25-19)12-16(27)24-15-11-7-6-10-14(15)20(21,22)23/h3-11H,2,12H2,1H3,(H,24,27)(H,25,29)/t19-/m1/s1. The SMILES string of the molecule is CC[C@]1(c2ccccc2)NC(=O)N(CC(=O)Nc2ccccc2C(F)(F)F)C1=O. The van der Waals surface area contributed by atoms with E-state index in [9.17, 15) is 27.6 Å². The molecule has 0 spiro atoms. The molecule has 152 valence electrons. The Hall–Kier alpha value is -3.36. The first-order valence-electron chi connectivity index (χ1n) is 8.85. The minimum atomic E-state index is -4.66. The summed E-state index contributed by atoms with van der Waals surface area (Å²) in [6.45, 7) is 1.01. The third-order valence-corrected chi connectivity index (χ3v) is 4.78. The number of para-hydroxylation sites is 1. The number of carbonyl (C=O) groups excluding carboxylic acids is 3. The molecule has 2 aromatic carbocycles. The Bertz CT molecular complexity index is 947. The van der Waals surface area contributed by atoms with E-state index in [1.165, 1.54) is 12.1 Å². The van der Waals surface area contributed by atoms with Crippen LogP contribution in [0, 0.1) is 0 Å². The summed E-state index contributed by atoms with van der Waals surface area (Å²) < 4.78 is 39.2. The van der Waals surface area contributed by atoms with Gasteiger partial charge >= 0.3 is 12.2 Å². The normalized spacial score (nSPS) is 19.2. The van der Waals surface area contributed by atoms with Crippen molar-refractivity contribution in [1.82, 2.24) is 10.2 Å². The summed E-state index contributed by atoms with van der Waals surface area (Å²) in [7, 11) is 0. The smallest absolute Gasteiger partial charge is 0.324 e. The summed E-state index contributed by atoms with van der Waals surface area (Å²) in [6.07, 6.45) is -4.41. The van der Waals surface area contributed by atoms with Gasteiger partial charge in [0.15, 0.2) is 0 Å². The van der Waals surface area contributed by atoms with Gasteiger partial charge < -0.3 is 10.6 Å². The fourth-order valence-corrected chi connectivity index (χ4v) is 3.30. The van der Waals surface area contributed by atoms with Gasteiger partial charge in [-0.1, -0.05) is 49.4 Å². The van der Waals surface area contributed by atoms with Gasteiger partial charge in [-0.05, 0) is 24.1 Å². The first kappa shape index (κ1) is 20.4. The average molecular weight is 405 g/mol. The van der Waals surface area contributed by atoms with E-state index < -0.39 is 47.4 Å². The van der Waals surface area contributed by atoms with Crippen LogP contribution in [0.2, 0.25) is 0 Å². The number of amides is 4. The largest absolute Gasteiger partial charge is 0.418 e. The van der Waals surface area contributed by atoms with Gasteiger partial charge in [-0.25, -0.2) is 4.79 Å². The molecular weight excluding hydrogens is 387 g/mol. The van der Waals surface area contributed by atoms with Gasteiger partial charge in [0.05, 0.1) is 11.3 Å². The van der Waals surface area contributed by atoms with Gasteiger partial charge in [0.1, 0.15) is 12.1 Å². The number of imide groups is 1. The lowest BCUT2D eigenvalue weighted by Gasteiger charge is -2.25. The number of hydrogen-bond acceptors (Lipinski definition) is 3. The molecule has 9 heteroatoms. The molecule has 1 saturated heterocycles. The van der Waals surface area contributed by atoms with Crippen LogP contribution in [0.5, 0.6) is 0 Å². The molecule has 0 bridgehead atoms. The number of nitrogens with one attached hydrogen (secondary N) is 2. The molecule has 1 heterocycles. The van der Waals surface area contributed by atoms with E-state index >= 15 is 0 Å². The maximum atomic E-state index is 13.1. The molecular formula is C20H18F3N3O3. The minimum Gasteiger partial charge on any atom is -0.324 e. The van der Waals surface area contributed by atoms with Crippen LogP contribution in [0.25, 0.3) is 0 Å². The first-order valence-corrected chi connectivity index (χ1v) is 8.85. The van der Waals surface area contributed by atoms with Crippen LogP contribution >= 0.6 is 0 Å². The molecule has 2 N–H and O–H groups in total. The van der Waals surface area contributed by atoms with Crippen molar-refractivity contribution in [1.29, 1.82) is 0 Å². The molecule has 4 amide bonds.